The molecule has 1 amide bonds. The number of hydrogen-bond donors (Lipinski definition) is 1. The maximum absolute atomic E-state index is 12.0. The molecule has 0 saturated heterocycles. The molecule has 1 aromatic carbocycles. The smallest absolute Gasteiger partial charge is 0.244 e. The van der Waals surface area contributed by atoms with E-state index >= 15 is 0 Å². The molecule has 24 heavy (non-hydrogen) atoms. The first-order valence-electron chi connectivity index (χ1n) is 7.57. The Bertz CT molecular complexity index is 796. The van der Waals surface area contributed by atoms with Crippen LogP contribution in [0.2, 0.25) is 0 Å². The molecule has 0 fully saturated rings. The van der Waals surface area contributed by atoms with Gasteiger partial charge in [0, 0.05) is 18.0 Å². The quantitative estimate of drug-likeness (QED) is 0.577. The molecule has 5 nitrogen and oxygen atoms in total. The number of aryl methyl sites for hydroxylation is 1. The lowest BCUT2D eigenvalue weighted by molar-refractivity contribution is -0.116. The summed E-state index contributed by atoms with van der Waals surface area (Å²) in [7, 11) is -3.16. The first kappa shape index (κ1) is 18.4. The lowest BCUT2D eigenvalue weighted by atomic mass is 10.2. The van der Waals surface area contributed by atoms with Gasteiger partial charge < -0.3 is 5.32 Å². The number of sulfone groups is 1. The molecule has 0 atom stereocenters. The first-order valence-corrected chi connectivity index (χ1v) is 10.3. The van der Waals surface area contributed by atoms with Gasteiger partial charge in [-0.2, -0.15) is 0 Å². The Hall–Kier alpha value is -1.99. The number of thiazole rings is 1. The van der Waals surface area contributed by atoms with E-state index in [2.05, 4.69) is 10.3 Å². The Kier molecular flexibility index (Phi) is 6.69. The van der Waals surface area contributed by atoms with Gasteiger partial charge in [-0.1, -0.05) is 30.3 Å². The summed E-state index contributed by atoms with van der Waals surface area (Å²) in [6.07, 6.45) is 3.45. The second-order valence-corrected chi connectivity index (χ2v) is 8.59. The monoisotopic (exact) mass is 364 g/mol. The minimum atomic E-state index is -3.16. The average Bonchev–Trinajstić information content (AvgIpc) is 2.96. The van der Waals surface area contributed by atoms with Gasteiger partial charge in [0.1, 0.15) is 0 Å². The lowest BCUT2D eigenvalue weighted by Gasteiger charge is -2.05. The minimum Gasteiger partial charge on any atom is -0.353 e. The van der Waals surface area contributed by atoms with Gasteiger partial charge in [0.05, 0.1) is 22.2 Å². The molecule has 1 heterocycles. The van der Waals surface area contributed by atoms with Gasteiger partial charge in [-0.15, -0.1) is 11.3 Å². The number of amides is 1. The van der Waals surface area contributed by atoms with Crippen LogP contribution in [0.4, 0.5) is 0 Å². The summed E-state index contributed by atoms with van der Waals surface area (Å²) in [6, 6.07) is 9.09. The fraction of sp³-hybridized carbons (Fsp3) is 0.294. The lowest BCUT2D eigenvalue weighted by Crippen LogP contribution is -2.24. The zero-order chi connectivity index (χ0) is 17.4. The summed E-state index contributed by atoms with van der Waals surface area (Å²) in [6.45, 7) is 2.23. The predicted molar refractivity (Wildman–Crippen MR) is 97.4 cm³/mol. The largest absolute Gasteiger partial charge is 0.353 e. The van der Waals surface area contributed by atoms with Gasteiger partial charge in [-0.25, -0.2) is 13.4 Å². The molecule has 0 aliphatic heterocycles. The van der Waals surface area contributed by atoms with Crippen molar-refractivity contribution in [3.8, 4) is 0 Å². The van der Waals surface area contributed by atoms with Crippen LogP contribution in [-0.4, -0.2) is 31.6 Å². The van der Waals surface area contributed by atoms with Gasteiger partial charge in [0.2, 0.25) is 5.91 Å². The third kappa shape index (κ3) is 6.64. The van der Waals surface area contributed by atoms with E-state index in [-0.39, 0.29) is 17.4 Å². The van der Waals surface area contributed by atoms with Crippen LogP contribution in [0.5, 0.6) is 0 Å². The summed E-state index contributed by atoms with van der Waals surface area (Å²) >= 11 is 1.52. The van der Waals surface area contributed by atoms with Crippen molar-refractivity contribution in [3.63, 3.8) is 0 Å². The molecule has 0 bridgehead atoms. The van der Waals surface area contributed by atoms with Crippen molar-refractivity contribution in [1.29, 1.82) is 0 Å². The predicted octanol–water partition coefficient (Wildman–Crippen LogP) is 2.59. The van der Waals surface area contributed by atoms with Gasteiger partial charge in [0.15, 0.2) is 9.84 Å². The van der Waals surface area contributed by atoms with Crippen LogP contribution in [0, 0.1) is 6.92 Å². The van der Waals surface area contributed by atoms with E-state index in [9.17, 15) is 13.2 Å². The van der Waals surface area contributed by atoms with E-state index in [1.54, 1.807) is 18.2 Å². The van der Waals surface area contributed by atoms with Gasteiger partial charge in [-0.05, 0) is 25.0 Å². The van der Waals surface area contributed by atoms with Crippen molar-refractivity contribution in [2.45, 2.75) is 19.1 Å². The van der Waals surface area contributed by atoms with Gasteiger partial charge >= 0.3 is 0 Å². The number of hydrogen-bond acceptors (Lipinski definition) is 5. The Morgan fingerprint density at radius 3 is 2.71 bits per heavy atom. The van der Waals surface area contributed by atoms with Crippen molar-refractivity contribution in [2.75, 3.05) is 12.3 Å². The Balaban J connectivity index is 1.70. The zero-order valence-electron chi connectivity index (χ0n) is 13.4. The molecule has 7 heteroatoms. The van der Waals surface area contributed by atoms with E-state index < -0.39 is 9.84 Å². The van der Waals surface area contributed by atoms with E-state index in [1.165, 1.54) is 17.4 Å². The van der Waals surface area contributed by atoms with Gasteiger partial charge in [-0.3, -0.25) is 4.79 Å². The Morgan fingerprint density at radius 2 is 2.04 bits per heavy atom. The topological polar surface area (TPSA) is 76.1 Å². The van der Waals surface area contributed by atoms with Crippen molar-refractivity contribution in [2.24, 2.45) is 0 Å². The highest BCUT2D eigenvalue weighted by Gasteiger charge is 2.11. The minimum absolute atomic E-state index is 0.0326. The Labute approximate surface area is 146 Å². The number of carbonyl (C=O) groups excluding carboxylic acids is 1. The molecular weight excluding hydrogens is 344 g/mol. The van der Waals surface area contributed by atoms with Crippen LogP contribution in [0.3, 0.4) is 0 Å². The molecule has 0 unspecified atom stereocenters. The number of nitrogens with zero attached hydrogens (tertiary/aromatic N) is 1. The second-order valence-electron chi connectivity index (χ2n) is 5.35. The highest BCUT2D eigenvalue weighted by atomic mass is 32.2. The molecule has 0 aliphatic rings. The van der Waals surface area contributed by atoms with Crippen LogP contribution in [-0.2, 0) is 20.4 Å². The van der Waals surface area contributed by atoms with Crippen molar-refractivity contribution in [1.82, 2.24) is 10.3 Å². The van der Waals surface area contributed by atoms with Crippen LogP contribution in [0.1, 0.15) is 22.7 Å². The Morgan fingerprint density at radius 1 is 1.29 bits per heavy atom. The number of carbonyl (C=O) groups is 1. The third-order valence-corrected chi connectivity index (χ3v) is 5.68. The van der Waals surface area contributed by atoms with Gasteiger partial charge in [0.25, 0.3) is 0 Å². The number of rotatable bonds is 8. The molecule has 0 saturated carbocycles. The van der Waals surface area contributed by atoms with Crippen molar-refractivity contribution in [3.05, 3.63) is 58.1 Å². The third-order valence-electron chi connectivity index (χ3n) is 3.20. The van der Waals surface area contributed by atoms with Crippen LogP contribution in [0.15, 0.2) is 41.8 Å². The summed E-state index contributed by atoms with van der Waals surface area (Å²) < 4.78 is 24.0. The fourth-order valence-corrected chi connectivity index (χ4v) is 4.09. The average molecular weight is 364 g/mol. The normalized spacial score (nSPS) is 11.7. The second kappa shape index (κ2) is 8.75. The summed E-state index contributed by atoms with van der Waals surface area (Å²) in [5.41, 5.74) is 1.53. The standard InChI is InChI=1S/C17H20N2O3S2/c1-14-19-16(12-23-14)8-9-17(20)18-10-5-11-24(21,22)13-15-6-3-2-4-7-15/h2-4,6-9,12H,5,10-11,13H2,1H3,(H,18,20)/b9-8+. The highest BCUT2D eigenvalue weighted by Crippen LogP contribution is 2.09. The highest BCUT2D eigenvalue weighted by molar-refractivity contribution is 7.90. The first-order chi connectivity index (χ1) is 11.4. The number of benzene rings is 1. The molecule has 2 rings (SSSR count). The summed E-state index contributed by atoms with van der Waals surface area (Å²) in [5, 5.41) is 5.50. The molecular formula is C17H20N2O3S2. The van der Waals surface area contributed by atoms with E-state index in [1.807, 2.05) is 30.5 Å². The maximum atomic E-state index is 12.0. The number of aromatic nitrogens is 1. The molecule has 0 radical (unpaired) electrons. The van der Waals surface area contributed by atoms with Crippen LogP contribution in [0.25, 0.3) is 6.08 Å². The molecule has 1 N–H and O–H groups in total. The summed E-state index contributed by atoms with van der Waals surface area (Å²) in [5.74, 6) is -0.164. The number of nitrogens with one attached hydrogen (secondary N) is 1. The van der Waals surface area contributed by atoms with Crippen LogP contribution < -0.4 is 5.32 Å². The van der Waals surface area contributed by atoms with Crippen LogP contribution >= 0.6 is 11.3 Å². The van der Waals surface area contributed by atoms with E-state index in [0.717, 1.165) is 16.3 Å². The fourth-order valence-electron chi connectivity index (χ4n) is 2.08. The molecule has 128 valence electrons. The molecule has 2 aromatic rings. The molecule has 0 aliphatic carbocycles. The van der Waals surface area contributed by atoms with E-state index in [4.69, 9.17) is 0 Å². The maximum Gasteiger partial charge on any atom is 0.244 e. The SMILES string of the molecule is Cc1nc(/C=C/C(=O)NCCCS(=O)(=O)Cc2ccccc2)cs1. The van der Waals surface area contributed by atoms with Crippen molar-refractivity contribution < 1.29 is 13.2 Å². The zero-order valence-corrected chi connectivity index (χ0v) is 15.1. The van der Waals surface area contributed by atoms with Crippen molar-refractivity contribution >= 4 is 33.2 Å². The molecule has 0 spiro atoms. The molecule has 1 aromatic heterocycles. The van der Waals surface area contributed by atoms with E-state index in [0.29, 0.717) is 13.0 Å². The summed E-state index contributed by atoms with van der Waals surface area (Å²) in [4.78, 5) is 15.9.